The fraction of sp³-hybridized carbons (Fsp3) is 0.750. The van der Waals surface area contributed by atoms with Gasteiger partial charge in [0.15, 0.2) is 0 Å². The Kier molecular flexibility index (Phi) is 8.27. The van der Waals surface area contributed by atoms with Gasteiger partial charge in [-0.15, -0.1) is 11.3 Å². The van der Waals surface area contributed by atoms with Gasteiger partial charge in [0.2, 0.25) is 0 Å². The molecular weight excluding hydrogens is 318 g/mol. The highest BCUT2D eigenvalue weighted by molar-refractivity contribution is 9.11. The fourth-order valence-corrected chi connectivity index (χ4v) is 4.18. The Hall–Kier alpha value is 0.140. The maximum Gasteiger partial charge on any atom is 0.0731 e. The largest absolute Gasteiger partial charge is 0.310 e. The first-order chi connectivity index (χ1) is 9.12. The molecule has 0 aliphatic carbocycles. The lowest BCUT2D eigenvalue weighted by Gasteiger charge is -2.22. The molecule has 0 bridgehead atoms. The van der Waals surface area contributed by atoms with Crippen molar-refractivity contribution < 1.29 is 0 Å². The van der Waals surface area contributed by atoms with Crippen LogP contribution in [0.1, 0.15) is 69.4 Å². The van der Waals surface area contributed by atoms with Gasteiger partial charge in [0, 0.05) is 10.9 Å². The van der Waals surface area contributed by atoms with Crippen molar-refractivity contribution in [1.82, 2.24) is 5.32 Å². The summed E-state index contributed by atoms with van der Waals surface area (Å²) < 4.78 is 1.28. The molecule has 0 fully saturated rings. The van der Waals surface area contributed by atoms with Gasteiger partial charge in [-0.3, -0.25) is 0 Å². The summed E-state index contributed by atoms with van der Waals surface area (Å²) in [7, 11) is 0. The highest BCUT2D eigenvalue weighted by Crippen LogP contribution is 2.35. The van der Waals surface area contributed by atoms with E-state index in [1.165, 1.54) is 46.3 Å². The predicted octanol–water partition coefficient (Wildman–Crippen LogP) is 6.08. The van der Waals surface area contributed by atoms with E-state index < -0.39 is 0 Å². The summed E-state index contributed by atoms with van der Waals surface area (Å²) in [6.45, 7) is 10.0. The summed E-state index contributed by atoms with van der Waals surface area (Å²) in [5.74, 6) is 0.852. The third kappa shape index (κ3) is 5.57. The second-order valence-electron chi connectivity index (χ2n) is 5.37. The third-order valence-corrected chi connectivity index (χ3v) is 6.03. The molecule has 1 aromatic heterocycles. The molecule has 0 saturated heterocycles. The van der Waals surface area contributed by atoms with E-state index in [1.807, 2.05) is 11.3 Å². The van der Waals surface area contributed by atoms with Gasteiger partial charge in [-0.2, -0.15) is 0 Å². The topological polar surface area (TPSA) is 12.0 Å². The van der Waals surface area contributed by atoms with Crippen molar-refractivity contribution >= 4 is 27.3 Å². The van der Waals surface area contributed by atoms with E-state index in [9.17, 15) is 0 Å². The molecule has 110 valence electrons. The molecular formula is C16H28BrNS. The molecule has 19 heavy (non-hydrogen) atoms. The monoisotopic (exact) mass is 345 g/mol. The van der Waals surface area contributed by atoms with Crippen LogP contribution in [0, 0.1) is 12.8 Å². The SMILES string of the molecule is CCCCC(CC)CC(NCC)c1cc(C)c(Br)s1. The minimum absolute atomic E-state index is 0.529. The Morgan fingerprint density at radius 3 is 2.53 bits per heavy atom. The first-order valence-electron chi connectivity index (χ1n) is 7.61. The second kappa shape index (κ2) is 9.15. The molecule has 1 rings (SSSR count). The first-order valence-corrected chi connectivity index (χ1v) is 9.22. The number of hydrogen-bond donors (Lipinski definition) is 1. The van der Waals surface area contributed by atoms with E-state index in [2.05, 4.69) is 55.0 Å². The van der Waals surface area contributed by atoms with Gasteiger partial charge in [-0.25, -0.2) is 0 Å². The lowest BCUT2D eigenvalue weighted by molar-refractivity contribution is 0.359. The number of rotatable bonds is 9. The van der Waals surface area contributed by atoms with Crippen molar-refractivity contribution in [3.8, 4) is 0 Å². The van der Waals surface area contributed by atoms with Crippen LogP contribution in [-0.2, 0) is 0 Å². The summed E-state index contributed by atoms with van der Waals surface area (Å²) >= 11 is 5.54. The van der Waals surface area contributed by atoms with Gasteiger partial charge in [-0.1, -0.05) is 46.5 Å². The fourth-order valence-electron chi connectivity index (χ4n) is 2.52. The Balaban J connectivity index is 2.70. The van der Waals surface area contributed by atoms with Gasteiger partial charge in [0.05, 0.1) is 3.79 Å². The molecule has 0 saturated carbocycles. The van der Waals surface area contributed by atoms with Crippen molar-refractivity contribution in [2.24, 2.45) is 5.92 Å². The van der Waals surface area contributed by atoms with Crippen LogP contribution in [0.4, 0.5) is 0 Å². The molecule has 1 aromatic rings. The third-order valence-electron chi connectivity index (χ3n) is 3.78. The first kappa shape index (κ1) is 17.2. The van der Waals surface area contributed by atoms with Crippen LogP contribution >= 0.6 is 27.3 Å². The van der Waals surface area contributed by atoms with Crippen molar-refractivity contribution in [1.29, 1.82) is 0 Å². The molecule has 2 unspecified atom stereocenters. The Bertz CT molecular complexity index is 342. The average molecular weight is 346 g/mol. The minimum Gasteiger partial charge on any atom is -0.310 e. The molecule has 1 N–H and O–H groups in total. The maximum atomic E-state index is 3.67. The molecule has 3 heteroatoms. The highest BCUT2D eigenvalue weighted by Gasteiger charge is 2.18. The van der Waals surface area contributed by atoms with Crippen molar-refractivity contribution in [3.05, 3.63) is 20.3 Å². The maximum absolute atomic E-state index is 3.67. The predicted molar refractivity (Wildman–Crippen MR) is 91.1 cm³/mol. The highest BCUT2D eigenvalue weighted by atomic mass is 79.9. The normalized spacial score (nSPS) is 14.6. The smallest absolute Gasteiger partial charge is 0.0731 e. The van der Waals surface area contributed by atoms with Crippen LogP contribution < -0.4 is 5.32 Å². The molecule has 0 aliphatic rings. The van der Waals surface area contributed by atoms with Gasteiger partial charge in [-0.05, 0) is 53.4 Å². The summed E-state index contributed by atoms with van der Waals surface area (Å²) in [5, 5.41) is 3.67. The molecule has 1 nitrogen and oxygen atoms in total. The van der Waals surface area contributed by atoms with E-state index in [0.717, 1.165) is 12.5 Å². The number of thiophene rings is 1. The zero-order valence-electron chi connectivity index (χ0n) is 12.8. The molecule has 0 radical (unpaired) electrons. The summed E-state index contributed by atoms with van der Waals surface area (Å²) in [5.41, 5.74) is 1.37. The van der Waals surface area contributed by atoms with Crippen LogP contribution in [0.2, 0.25) is 0 Å². The van der Waals surface area contributed by atoms with Gasteiger partial charge >= 0.3 is 0 Å². The second-order valence-corrected chi connectivity index (χ2v) is 7.77. The summed E-state index contributed by atoms with van der Waals surface area (Å²) in [6.07, 6.45) is 6.63. The van der Waals surface area contributed by atoms with Crippen LogP contribution in [0.5, 0.6) is 0 Å². The molecule has 2 atom stereocenters. The minimum atomic E-state index is 0.529. The van der Waals surface area contributed by atoms with E-state index in [0.29, 0.717) is 6.04 Å². The quantitative estimate of drug-likeness (QED) is 0.572. The molecule has 0 amide bonds. The summed E-state index contributed by atoms with van der Waals surface area (Å²) in [4.78, 5) is 1.49. The zero-order valence-corrected chi connectivity index (χ0v) is 15.2. The Morgan fingerprint density at radius 2 is 2.05 bits per heavy atom. The molecule has 0 spiro atoms. The van der Waals surface area contributed by atoms with Gasteiger partial charge in [0.1, 0.15) is 0 Å². The Morgan fingerprint density at radius 1 is 1.32 bits per heavy atom. The van der Waals surface area contributed by atoms with Crippen LogP contribution in [0.3, 0.4) is 0 Å². The number of aryl methyl sites for hydroxylation is 1. The van der Waals surface area contributed by atoms with Crippen molar-refractivity contribution in [2.75, 3.05) is 6.54 Å². The van der Waals surface area contributed by atoms with Crippen LogP contribution in [0.25, 0.3) is 0 Å². The molecule has 0 aliphatic heterocycles. The van der Waals surface area contributed by atoms with E-state index >= 15 is 0 Å². The molecule has 1 heterocycles. The van der Waals surface area contributed by atoms with E-state index in [4.69, 9.17) is 0 Å². The van der Waals surface area contributed by atoms with Gasteiger partial charge < -0.3 is 5.32 Å². The Labute approximate surface area is 131 Å². The van der Waals surface area contributed by atoms with Crippen molar-refractivity contribution in [2.45, 2.75) is 65.8 Å². The number of halogens is 1. The van der Waals surface area contributed by atoms with E-state index in [1.54, 1.807) is 0 Å². The average Bonchev–Trinajstić information content (AvgIpc) is 2.73. The standard InChI is InChI=1S/C16H28BrNS/c1-5-8-9-13(6-2)11-14(18-7-3)15-10-12(4)16(17)19-15/h10,13-14,18H,5-9,11H2,1-4H3. The lowest BCUT2D eigenvalue weighted by Crippen LogP contribution is -2.22. The lowest BCUT2D eigenvalue weighted by atomic mass is 9.91. The molecule has 0 aromatic carbocycles. The van der Waals surface area contributed by atoms with E-state index in [-0.39, 0.29) is 0 Å². The summed E-state index contributed by atoms with van der Waals surface area (Å²) in [6, 6.07) is 2.87. The number of nitrogens with one attached hydrogen (secondary N) is 1. The van der Waals surface area contributed by atoms with Crippen LogP contribution in [-0.4, -0.2) is 6.54 Å². The number of unbranched alkanes of at least 4 members (excludes halogenated alkanes) is 1. The van der Waals surface area contributed by atoms with Crippen molar-refractivity contribution in [3.63, 3.8) is 0 Å². The number of hydrogen-bond acceptors (Lipinski definition) is 2. The van der Waals surface area contributed by atoms with Crippen LogP contribution in [0.15, 0.2) is 9.85 Å². The van der Waals surface area contributed by atoms with Gasteiger partial charge in [0.25, 0.3) is 0 Å². The zero-order chi connectivity index (χ0) is 14.3.